The number of rotatable bonds is 4. The molecule has 0 aromatic heterocycles. The van der Waals surface area contributed by atoms with E-state index >= 15 is 0 Å². The fourth-order valence-corrected chi connectivity index (χ4v) is 2.80. The Morgan fingerprint density at radius 3 is 2.33 bits per heavy atom. The standard InChI is InChI=1S/C15H15NO4S/c1-20-13-9-5-4-8-12(13)16-15(17)11-7-3-6-10-14(11)21(2,18)19/h3-10H,1-2H3,(H,16,17). The van der Waals surface area contributed by atoms with Gasteiger partial charge in [-0.2, -0.15) is 0 Å². The fourth-order valence-electron chi connectivity index (χ4n) is 1.92. The number of carbonyl (C=O) groups is 1. The van der Waals surface area contributed by atoms with E-state index in [-0.39, 0.29) is 10.5 Å². The molecule has 0 fully saturated rings. The van der Waals surface area contributed by atoms with E-state index in [1.54, 1.807) is 36.4 Å². The molecule has 0 spiro atoms. The van der Waals surface area contributed by atoms with Gasteiger partial charge in [0.2, 0.25) is 0 Å². The summed E-state index contributed by atoms with van der Waals surface area (Å²) in [6, 6.07) is 13.0. The second-order valence-corrected chi connectivity index (χ2v) is 6.41. The van der Waals surface area contributed by atoms with Gasteiger partial charge in [-0.05, 0) is 24.3 Å². The van der Waals surface area contributed by atoms with Crippen molar-refractivity contribution in [3.8, 4) is 5.75 Å². The van der Waals surface area contributed by atoms with Crippen molar-refractivity contribution in [2.45, 2.75) is 4.90 Å². The lowest BCUT2D eigenvalue weighted by Gasteiger charge is -2.11. The number of para-hydroxylation sites is 2. The van der Waals surface area contributed by atoms with Crippen LogP contribution in [0.3, 0.4) is 0 Å². The first-order chi connectivity index (χ1) is 9.93. The van der Waals surface area contributed by atoms with Gasteiger partial charge in [0.05, 0.1) is 23.3 Å². The SMILES string of the molecule is COc1ccccc1NC(=O)c1ccccc1S(C)(=O)=O. The van der Waals surface area contributed by atoms with Crippen molar-refractivity contribution >= 4 is 21.4 Å². The Morgan fingerprint density at radius 2 is 1.67 bits per heavy atom. The van der Waals surface area contributed by atoms with E-state index in [0.29, 0.717) is 11.4 Å². The molecule has 21 heavy (non-hydrogen) atoms. The number of ether oxygens (including phenoxy) is 1. The molecule has 110 valence electrons. The van der Waals surface area contributed by atoms with E-state index in [2.05, 4.69) is 5.32 Å². The predicted octanol–water partition coefficient (Wildman–Crippen LogP) is 2.35. The van der Waals surface area contributed by atoms with Gasteiger partial charge >= 0.3 is 0 Å². The van der Waals surface area contributed by atoms with Crippen LogP contribution in [0.4, 0.5) is 5.69 Å². The molecule has 0 aliphatic heterocycles. The Kier molecular flexibility index (Phi) is 4.28. The number of hydrogen-bond donors (Lipinski definition) is 1. The van der Waals surface area contributed by atoms with Crippen molar-refractivity contribution in [1.82, 2.24) is 0 Å². The molecule has 1 amide bonds. The summed E-state index contributed by atoms with van der Waals surface area (Å²) in [6.45, 7) is 0. The molecular formula is C15H15NO4S. The predicted molar refractivity (Wildman–Crippen MR) is 80.5 cm³/mol. The third-order valence-electron chi connectivity index (χ3n) is 2.89. The Labute approximate surface area is 123 Å². The van der Waals surface area contributed by atoms with Gasteiger partial charge in [0.1, 0.15) is 5.75 Å². The number of anilines is 1. The smallest absolute Gasteiger partial charge is 0.257 e. The summed E-state index contributed by atoms with van der Waals surface area (Å²) >= 11 is 0. The van der Waals surface area contributed by atoms with Crippen LogP contribution in [-0.2, 0) is 9.84 Å². The maximum atomic E-state index is 12.3. The van der Waals surface area contributed by atoms with Crippen molar-refractivity contribution in [1.29, 1.82) is 0 Å². The maximum absolute atomic E-state index is 12.3. The average molecular weight is 305 g/mol. The molecule has 2 aromatic rings. The quantitative estimate of drug-likeness (QED) is 0.941. The van der Waals surface area contributed by atoms with Crippen LogP contribution in [0.25, 0.3) is 0 Å². The van der Waals surface area contributed by atoms with Crippen LogP contribution < -0.4 is 10.1 Å². The lowest BCUT2D eigenvalue weighted by Crippen LogP contribution is -2.16. The van der Waals surface area contributed by atoms with E-state index in [0.717, 1.165) is 6.26 Å². The molecule has 0 atom stereocenters. The fraction of sp³-hybridized carbons (Fsp3) is 0.133. The molecule has 0 heterocycles. The van der Waals surface area contributed by atoms with Gasteiger partial charge in [-0.15, -0.1) is 0 Å². The zero-order valence-corrected chi connectivity index (χ0v) is 12.5. The van der Waals surface area contributed by atoms with Crippen molar-refractivity contribution in [3.63, 3.8) is 0 Å². The lowest BCUT2D eigenvalue weighted by molar-refractivity contribution is 0.102. The Hall–Kier alpha value is -2.34. The van der Waals surface area contributed by atoms with Crippen LogP contribution in [0, 0.1) is 0 Å². The van der Waals surface area contributed by atoms with Crippen molar-refractivity contribution < 1.29 is 17.9 Å². The first-order valence-electron chi connectivity index (χ1n) is 6.17. The second-order valence-electron chi connectivity index (χ2n) is 4.42. The van der Waals surface area contributed by atoms with Gasteiger partial charge in [-0.1, -0.05) is 24.3 Å². The summed E-state index contributed by atoms with van der Waals surface area (Å²) in [4.78, 5) is 12.3. The number of hydrogen-bond acceptors (Lipinski definition) is 4. The molecule has 5 nitrogen and oxygen atoms in total. The first kappa shape index (κ1) is 15.1. The Bertz CT molecular complexity index is 769. The number of sulfone groups is 1. The number of nitrogens with one attached hydrogen (secondary N) is 1. The van der Waals surface area contributed by atoms with Crippen LogP contribution in [0.15, 0.2) is 53.4 Å². The highest BCUT2D eigenvalue weighted by molar-refractivity contribution is 7.90. The Morgan fingerprint density at radius 1 is 1.05 bits per heavy atom. The zero-order chi connectivity index (χ0) is 15.5. The van der Waals surface area contributed by atoms with Crippen LogP contribution in [0.1, 0.15) is 10.4 Å². The largest absolute Gasteiger partial charge is 0.495 e. The van der Waals surface area contributed by atoms with Crippen LogP contribution in [-0.4, -0.2) is 27.7 Å². The summed E-state index contributed by atoms with van der Waals surface area (Å²) in [5, 5.41) is 2.66. The highest BCUT2D eigenvalue weighted by Crippen LogP contribution is 2.24. The minimum atomic E-state index is -3.48. The molecule has 0 aliphatic rings. The maximum Gasteiger partial charge on any atom is 0.257 e. The molecule has 6 heteroatoms. The average Bonchev–Trinajstić information content (AvgIpc) is 2.47. The van der Waals surface area contributed by atoms with Crippen molar-refractivity contribution in [3.05, 3.63) is 54.1 Å². The molecule has 0 aliphatic carbocycles. The zero-order valence-electron chi connectivity index (χ0n) is 11.7. The van der Waals surface area contributed by atoms with E-state index in [9.17, 15) is 13.2 Å². The summed E-state index contributed by atoms with van der Waals surface area (Å²) in [5.41, 5.74) is 0.583. The van der Waals surface area contributed by atoms with E-state index < -0.39 is 15.7 Å². The number of carbonyl (C=O) groups excluding carboxylic acids is 1. The van der Waals surface area contributed by atoms with Gasteiger partial charge < -0.3 is 10.1 Å². The number of methoxy groups -OCH3 is 1. The molecule has 0 saturated carbocycles. The van der Waals surface area contributed by atoms with Gasteiger partial charge in [-0.3, -0.25) is 4.79 Å². The normalized spacial score (nSPS) is 11.0. The Balaban J connectivity index is 2.38. The first-order valence-corrected chi connectivity index (χ1v) is 8.06. The van der Waals surface area contributed by atoms with E-state index in [4.69, 9.17) is 4.74 Å². The van der Waals surface area contributed by atoms with Crippen LogP contribution in [0.5, 0.6) is 5.75 Å². The monoisotopic (exact) mass is 305 g/mol. The van der Waals surface area contributed by atoms with Crippen molar-refractivity contribution in [2.75, 3.05) is 18.7 Å². The second kappa shape index (κ2) is 5.97. The third-order valence-corrected chi connectivity index (χ3v) is 4.04. The van der Waals surface area contributed by atoms with Crippen LogP contribution in [0.2, 0.25) is 0 Å². The van der Waals surface area contributed by atoms with Crippen LogP contribution >= 0.6 is 0 Å². The number of benzene rings is 2. The van der Waals surface area contributed by atoms with Crippen molar-refractivity contribution in [2.24, 2.45) is 0 Å². The number of amides is 1. The highest BCUT2D eigenvalue weighted by atomic mass is 32.2. The summed E-state index contributed by atoms with van der Waals surface area (Å²) in [6.07, 6.45) is 1.07. The summed E-state index contributed by atoms with van der Waals surface area (Å²) in [5.74, 6) is 0.00297. The molecule has 1 N–H and O–H groups in total. The molecule has 0 bridgehead atoms. The summed E-state index contributed by atoms with van der Waals surface area (Å²) < 4.78 is 28.6. The van der Waals surface area contributed by atoms with E-state index in [1.165, 1.54) is 19.2 Å². The third kappa shape index (κ3) is 3.41. The molecule has 2 rings (SSSR count). The molecule has 0 saturated heterocycles. The molecular weight excluding hydrogens is 290 g/mol. The lowest BCUT2D eigenvalue weighted by atomic mass is 10.2. The van der Waals surface area contributed by atoms with Gasteiger partial charge in [-0.25, -0.2) is 8.42 Å². The minimum Gasteiger partial charge on any atom is -0.495 e. The van der Waals surface area contributed by atoms with Gasteiger partial charge in [0.15, 0.2) is 9.84 Å². The molecule has 0 radical (unpaired) electrons. The van der Waals surface area contributed by atoms with Gasteiger partial charge in [0.25, 0.3) is 5.91 Å². The molecule has 2 aromatic carbocycles. The summed E-state index contributed by atoms with van der Waals surface area (Å²) in [7, 11) is -1.98. The topological polar surface area (TPSA) is 72.5 Å². The molecule has 0 unspecified atom stereocenters. The minimum absolute atomic E-state index is 0.00241. The van der Waals surface area contributed by atoms with E-state index in [1.807, 2.05) is 0 Å². The highest BCUT2D eigenvalue weighted by Gasteiger charge is 2.18. The van der Waals surface area contributed by atoms with Gasteiger partial charge in [0, 0.05) is 6.26 Å².